The second-order valence-electron chi connectivity index (χ2n) is 9.69. The lowest BCUT2D eigenvalue weighted by atomic mass is 10.0. The Labute approximate surface area is 174 Å². The van der Waals surface area contributed by atoms with E-state index in [2.05, 4.69) is 80.4 Å². The molecule has 0 aromatic carbocycles. The van der Waals surface area contributed by atoms with Gasteiger partial charge in [0.1, 0.15) is 18.2 Å². The lowest BCUT2D eigenvalue weighted by molar-refractivity contribution is 0.469. The molecular formula is C23H34N6. The zero-order valence-electron chi connectivity index (χ0n) is 19.0. The van der Waals surface area contributed by atoms with Gasteiger partial charge in [-0.25, -0.2) is 19.5 Å². The SMILES string of the molecule is CC(C)(C)C.CC(C)(C)C.c1ccn2ncnc2c1.c1cnc2cncnc2c1. The van der Waals surface area contributed by atoms with E-state index in [1.165, 1.54) is 12.7 Å². The minimum absolute atomic E-state index is 0.500. The summed E-state index contributed by atoms with van der Waals surface area (Å²) in [5, 5.41) is 3.92. The van der Waals surface area contributed by atoms with Crippen LogP contribution in [0.2, 0.25) is 0 Å². The molecule has 156 valence electrons. The van der Waals surface area contributed by atoms with Crippen LogP contribution in [0.25, 0.3) is 16.7 Å². The number of nitrogens with zero attached hydrogens (tertiary/aromatic N) is 6. The summed E-state index contributed by atoms with van der Waals surface area (Å²) in [6, 6.07) is 9.53. The van der Waals surface area contributed by atoms with Gasteiger partial charge in [-0.05, 0) is 35.1 Å². The van der Waals surface area contributed by atoms with Crippen LogP contribution in [0.5, 0.6) is 0 Å². The molecule has 0 N–H and O–H groups in total. The lowest BCUT2D eigenvalue weighted by Gasteiger charge is -2.05. The first-order valence-corrected chi connectivity index (χ1v) is 9.68. The molecule has 4 aromatic heterocycles. The van der Waals surface area contributed by atoms with E-state index >= 15 is 0 Å². The molecular weight excluding hydrogens is 360 g/mol. The molecule has 4 heterocycles. The van der Waals surface area contributed by atoms with Crippen molar-refractivity contribution in [3.63, 3.8) is 0 Å². The van der Waals surface area contributed by atoms with Crippen LogP contribution in [0.3, 0.4) is 0 Å². The average Bonchev–Trinajstić information content (AvgIpc) is 3.08. The van der Waals surface area contributed by atoms with Crippen molar-refractivity contribution < 1.29 is 0 Å². The van der Waals surface area contributed by atoms with Gasteiger partial charge in [-0.2, -0.15) is 5.10 Å². The highest BCUT2D eigenvalue weighted by atomic mass is 15.3. The summed E-state index contributed by atoms with van der Waals surface area (Å²) in [6.07, 6.45) is 8.34. The second kappa shape index (κ2) is 11.2. The fourth-order valence-electron chi connectivity index (χ4n) is 1.58. The molecule has 0 saturated carbocycles. The Morgan fingerprint density at radius 3 is 1.93 bits per heavy atom. The van der Waals surface area contributed by atoms with Crippen LogP contribution in [0.15, 0.2) is 61.6 Å². The number of hydrogen-bond donors (Lipinski definition) is 0. The van der Waals surface area contributed by atoms with E-state index in [9.17, 15) is 0 Å². The molecule has 0 aliphatic carbocycles. The number of hydrogen-bond acceptors (Lipinski definition) is 5. The van der Waals surface area contributed by atoms with Crippen molar-refractivity contribution >= 4 is 16.7 Å². The van der Waals surface area contributed by atoms with Crippen molar-refractivity contribution in [1.82, 2.24) is 29.5 Å². The molecule has 0 radical (unpaired) electrons. The molecule has 0 unspecified atom stereocenters. The van der Waals surface area contributed by atoms with E-state index in [4.69, 9.17) is 0 Å². The average molecular weight is 395 g/mol. The molecule has 0 fully saturated rings. The van der Waals surface area contributed by atoms with Gasteiger partial charge in [0.15, 0.2) is 5.65 Å². The van der Waals surface area contributed by atoms with Gasteiger partial charge in [-0.3, -0.25) is 4.98 Å². The third kappa shape index (κ3) is 13.0. The summed E-state index contributed by atoms with van der Waals surface area (Å²) in [5.41, 5.74) is 3.61. The Bertz CT molecular complexity index is 844. The monoisotopic (exact) mass is 394 g/mol. The third-order valence-electron chi connectivity index (χ3n) is 2.46. The molecule has 4 aromatic rings. The first kappa shape index (κ1) is 24.1. The van der Waals surface area contributed by atoms with Crippen molar-refractivity contribution in [1.29, 1.82) is 0 Å². The van der Waals surface area contributed by atoms with Crippen LogP contribution in [0.4, 0.5) is 0 Å². The van der Waals surface area contributed by atoms with Gasteiger partial charge < -0.3 is 0 Å². The van der Waals surface area contributed by atoms with Crippen molar-refractivity contribution in [3.8, 4) is 0 Å². The molecule has 0 atom stereocenters. The van der Waals surface area contributed by atoms with Crippen LogP contribution in [-0.4, -0.2) is 29.5 Å². The molecule has 0 aliphatic heterocycles. The molecule has 0 bridgehead atoms. The molecule has 29 heavy (non-hydrogen) atoms. The van der Waals surface area contributed by atoms with Crippen LogP contribution in [0.1, 0.15) is 55.4 Å². The molecule has 6 nitrogen and oxygen atoms in total. The van der Waals surface area contributed by atoms with Gasteiger partial charge in [0.05, 0.1) is 11.7 Å². The quantitative estimate of drug-likeness (QED) is 0.374. The minimum atomic E-state index is 0.500. The first-order valence-electron chi connectivity index (χ1n) is 9.68. The molecule has 6 heteroatoms. The predicted octanol–water partition coefficient (Wildman–Crippen LogP) is 5.86. The van der Waals surface area contributed by atoms with Gasteiger partial charge in [-0.1, -0.05) is 61.5 Å². The second-order valence-corrected chi connectivity index (χ2v) is 9.69. The summed E-state index contributed by atoms with van der Waals surface area (Å²) in [7, 11) is 0. The molecule has 0 aliphatic rings. The minimum Gasteiger partial charge on any atom is -0.253 e. The number of rotatable bonds is 0. The zero-order valence-corrected chi connectivity index (χ0v) is 19.0. The topological polar surface area (TPSA) is 68.9 Å². The lowest BCUT2D eigenvalue weighted by Crippen LogP contribution is -1.93. The Kier molecular flexibility index (Phi) is 9.32. The van der Waals surface area contributed by atoms with E-state index in [0.29, 0.717) is 10.8 Å². The fraction of sp³-hybridized carbons (Fsp3) is 0.435. The number of aromatic nitrogens is 6. The van der Waals surface area contributed by atoms with E-state index in [-0.39, 0.29) is 0 Å². The molecule has 0 spiro atoms. The van der Waals surface area contributed by atoms with E-state index in [0.717, 1.165) is 16.7 Å². The fourth-order valence-corrected chi connectivity index (χ4v) is 1.58. The predicted molar refractivity (Wildman–Crippen MR) is 121 cm³/mol. The Morgan fingerprint density at radius 2 is 1.34 bits per heavy atom. The summed E-state index contributed by atoms with van der Waals surface area (Å²) < 4.78 is 1.72. The Morgan fingerprint density at radius 1 is 0.690 bits per heavy atom. The van der Waals surface area contributed by atoms with E-state index < -0.39 is 0 Å². The first-order chi connectivity index (χ1) is 13.4. The smallest absolute Gasteiger partial charge is 0.155 e. The van der Waals surface area contributed by atoms with Crippen LogP contribution < -0.4 is 0 Å². The maximum atomic E-state index is 4.06. The summed E-state index contributed by atoms with van der Waals surface area (Å²) >= 11 is 0. The molecule has 0 amide bonds. The van der Waals surface area contributed by atoms with Crippen molar-refractivity contribution in [3.05, 3.63) is 61.6 Å². The molecule has 4 rings (SSSR count). The number of fused-ring (bicyclic) bond motifs is 2. The maximum Gasteiger partial charge on any atom is 0.155 e. The zero-order chi connectivity index (χ0) is 21.9. The van der Waals surface area contributed by atoms with E-state index in [1.807, 2.05) is 36.5 Å². The van der Waals surface area contributed by atoms with E-state index in [1.54, 1.807) is 16.9 Å². The Balaban J connectivity index is 0.000000205. The highest BCUT2D eigenvalue weighted by Gasteiger charge is 1.96. The van der Waals surface area contributed by atoms with Crippen molar-refractivity contribution in [2.24, 2.45) is 10.8 Å². The van der Waals surface area contributed by atoms with Gasteiger partial charge in [0.25, 0.3) is 0 Å². The largest absolute Gasteiger partial charge is 0.253 e. The van der Waals surface area contributed by atoms with Crippen LogP contribution in [0, 0.1) is 10.8 Å². The standard InChI is InChI=1S/C7H5N3.C6H5N3.2C5H12/c1-2-6-7(9-3-1)4-8-5-10-6;1-2-4-9-6(3-1)7-5-8-9;2*1-5(2,3)4/h1-5H;1-5H;2*1-4H3. The third-order valence-corrected chi connectivity index (χ3v) is 2.46. The normalized spacial score (nSPS) is 10.8. The summed E-state index contributed by atoms with van der Waals surface area (Å²) in [4.78, 5) is 15.9. The number of pyridine rings is 2. The van der Waals surface area contributed by atoms with Crippen molar-refractivity contribution in [2.45, 2.75) is 55.4 Å². The summed E-state index contributed by atoms with van der Waals surface area (Å²) in [6.45, 7) is 17.5. The van der Waals surface area contributed by atoms with Gasteiger partial charge in [-0.15, -0.1) is 0 Å². The van der Waals surface area contributed by atoms with Gasteiger partial charge in [0, 0.05) is 12.4 Å². The summed E-state index contributed by atoms with van der Waals surface area (Å²) in [5.74, 6) is 0. The highest BCUT2D eigenvalue weighted by Crippen LogP contribution is 2.08. The molecule has 0 saturated heterocycles. The highest BCUT2D eigenvalue weighted by molar-refractivity contribution is 5.71. The maximum absolute atomic E-state index is 4.06. The van der Waals surface area contributed by atoms with Crippen molar-refractivity contribution in [2.75, 3.05) is 0 Å². The Hall–Kier alpha value is -2.89. The van der Waals surface area contributed by atoms with Crippen LogP contribution in [-0.2, 0) is 0 Å². The van der Waals surface area contributed by atoms with Crippen LogP contribution >= 0.6 is 0 Å². The van der Waals surface area contributed by atoms with Gasteiger partial charge >= 0.3 is 0 Å². The van der Waals surface area contributed by atoms with Gasteiger partial charge in [0.2, 0.25) is 0 Å².